The molecule has 31 heavy (non-hydrogen) atoms. The van der Waals surface area contributed by atoms with Gasteiger partial charge in [0, 0.05) is 4.90 Å². The van der Waals surface area contributed by atoms with Gasteiger partial charge in [0.25, 0.3) is 0 Å². The molecule has 3 aromatic carbocycles. The summed E-state index contributed by atoms with van der Waals surface area (Å²) in [7, 11) is 0. The van der Waals surface area contributed by atoms with Crippen LogP contribution in [0.1, 0.15) is 18.1 Å². The molecule has 3 aromatic rings. The first kappa shape index (κ1) is 22.1. The van der Waals surface area contributed by atoms with Crippen molar-refractivity contribution < 1.29 is 19.3 Å². The average molecular weight is 437 g/mol. The van der Waals surface area contributed by atoms with E-state index >= 15 is 0 Å². The Bertz CT molecular complexity index is 906. The Morgan fingerprint density at radius 3 is 1.77 bits per heavy atom. The van der Waals surface area contributed by atoms with Gasteiger partial charge in [-0.3, -0.25) is 0 Å². The van der Waals surface area contributed by atoms with E-state index in [1.165, 1.54) is 0 Å². The summed E-state index contributed by atoms with van der Waals surface area (Å²) in [5.41, 5.74) is 1.83. The molecule has 1 heterocycles. The summed E-state index contributed by atoms with van der Waals surface area (Å²) in [5.74, 6) is 0. The lowest BCUT2D eigenvalue weighted by molar-refractivity contribution is -0.228. The topological polar surface area (TPSA) is 47.9 Å². The number of hydrogen-bond donors (Lipinski definition) is 1. The molecular weight excluding hydrogens is 408 g/mol. The van der Waals surface area contributed by atoms with Crippen LogP contribution >= 0.6 is 11.8 Å². The predicted molar refractivity (Wildman–Crippen MR) is 123 cm³/mol. The summed E-state index contributed by atoms with van der Waals surface area (Å²) in [5, 5.41) is 10.9. The van der Waals surface area contributed by atoms with E-state index in [2.05, 4.69) is 12.1 Å². The van der Waals surface area contributed by atoms with Gasteiger partial charge in [0.05, 0.1) is 19.3 Å². The summed E-state index contributed by atoms with van der Waals surface area (Å²) in [6.45, 7) is 2.71. The molecule has 1 aliphatic heterocycles. The van der Waals surface area contributed by atoms with Crippen LogP contribution in [0.5, 0.6) is 0 Å². The molecule has 0 bridgehead atoms. The van der Waals surface area contributed by atoms with Crippen LogP contribution in [0.3, 0.4) is 0 Å². The lowest BCUT2D eigenvalue weighted by Crippen LogP contribution is -2.57. The van der Waals surface area contributed by atoms with Gasteiger partial charge in [-0.15, -0.1) is 0 Å². The van der Waals surface area contributed by atoms with E-state index in [9.17, 15) is 5.11 Å². The standard InChI is InChI=1S/C26H28O4S/c1-19-23(27)24(28-17-20-11-5-2-6-12-20)25(29-18-21-13-7-3-8-14-21)26(30-19)31-22-15-9-4-10-16-22/h2-16,19,23-27H,17-18H2,1H3/t19?,23-,24+,25?,26-/m1/s1. The highest BCUT2D eigenvalue weighted by Gasteiger charge is 2.45. The van der Waals surface area contributed by atoms with Gasteiger partial charge in [-0.1, -0.05) is 90.6 Å². The van der Waals surface area contributed by atoms with Crippen molar-refractivity contribution in [3.05, 3.63) is 102 Å². The van der Waals surface area contributed by atoms with Crippen molar-refractivity contribution in [3.8, 4) is 0 Å². The molecule has 5 heteroatoms. The van der Waals surface area contributed by atoms with Crippen LogP contribution in [-0.4, -0.2) is 35.0 Å². The van der Waals surface area contributed by atoms with Crippen molar-refractivity contribution in [1.82, 2.24) is 0 Å². The van der Waals surface area contributed by atoms with Crippen molar-refractivity contribution in [2.45, 2.75) is 54.9 Å². The Hall–Kier alpha value is -2.15. The summed E-state index contributed by atoms with van der Waals surface area (Å²) in [6, 6.07) is 30.1. The first-order valence-corrected chi connectivity index (χ1v) is 11.4. The third-order valence-electron chi connectivity index (χ3n) is 5.32. The fourth-order valence-corrected chi connectivity index (χ4v) is 4.79. The molecular formula is C26H28O4S. The van der Waals surface area contributed by atoms with Crippen LogP contribution in [0.2, 0.25) is 0 Å². The molecule has 0 aromatic heterocycles. The molecule has 4 nitrogen and oxygen atoms in total. The van der Waals surface area contributed by atoms with Crippen LogP contribution in [-0.2, 0) is 27.4 Å². The number of rotatable bonds is 8. The SMILES string of the molecule is CC1O[C@H](Sc2ccccc2)C(OCc2ccccc2)[C@@H](OCc2ccccc2)[C@@H]1O. The van der Waals surface area contributed by atoms with Crippen molar-refractivity contribution >= 4 is 11.8 Å². The zero-order chi connectivity index (χ0) is 21.5. The Labute approximate surface area is 188 Å². The zero-order valence-corrected chi connectivity index (χ0v) is 18.4. The second-order valence-corrected chi connectivity index (χ2v) is 8.83. The molecule has 0 aliphatic carbocycles. The molecule has 1 aliphatic rings. The Morgan fingerprint density at radius 2 is 1.23 bits per heavy atom. The number of thioether (sulfide) groups is 1. The quantitative estimate of drug-likeness (QED) is 0.535. The number of hydrogen-bond acceptors (Lipinski definition) is 5. The third-order valence-corrected chi connectivity index (χ3v) is 6.48. The average Bonchev–Trinajstić information content (AvgIpc) is 2.81. The van der Waals surface area contributed by atoms with Crippen molar-refractivity contribution in [2.75, 3.05) is 0 Å². The van der Waals surface area contributed by atoms with Crippen molar-refractivity contribution in [3.63, 3.8) is 0 Å². The summed E-state index contributed by atoms with van der Waals surface area (Å²) < 4.78 is 18.8. The molecule has 162 valence electrons. The van der Waals surface area contributed by atoms with Gasteiger partial charge < -0.3 is 19.3 Å². The molecule has 2 unspecified atom stereocenters. The molecule has 0 spiro atoms. The highest BCUT2D eigenvalue weighted by Crippen LogP contribution is 2.36. The summed E-state index contributed by atoms with van der Waals surface area (Å²) in [4.78, 5) is 1.09. The zero-order valence-electron chi connectivity index (χ0n) is 17.5. The first-order chi connectivity index (χ1) is 15.2. The maximum absolute atomic E-state index is 10.9. The molecule has 4 rings (SSSR count). The van der Waals surface area contributed by atoms with Crippen LogP contribution in [0, 0.1) is 0 Å². The van der Waals surface area contributed by atoms with Gasteiger partial charge in [0.1, 0.15) is 23.7 Å². The molecule has 5 atom stereocenters. The van der Waals surface area contributed by atoms with E-state index in [0.29, 0.717) is 13.2 Å². The number of aliphatic hydroxyl groups is 1. The monoisotopic (exact) mass is 436 g/mol. The highest BCUT2D eigenvalue weighted by atomic mass is 32.2. The van der Waals surface area contributed by atoms with Crippen molar-refractivity contribution in [1.29, 1.82) is 0 Å². The molecule has 1 fully saturated rings. The number of ether oxygens (including phenoxy) is 3. The Balaban J connectivity index is 1.54. The lowest BCUT2D eigenvalue weighted by Gasteiger charge is -2.43. The van der Waals surface area contributed by atoms with E-state index in [1.807, 2.05) is 85.8 Å². The van der Waals surface area contributed by atoms with Crippen LogP contribution in [0.4, 0.5) is 0 Å². The van der Waals surface area contributed by atoms with Gasteiger partial charge >= 0.3 is 0 Å². The van der Waals surface area contributed by atoms with Crippen LogP contribution in [0.15, 0.2) is 95.9 Å². The Kier molecular flexibility index (Phi) is 7.78. The van der Waals surface area contributed by atoms with Gasteiger partial charge in [-0.2, -0.15) is 0 Å². The van der Waals surface area contributed by atoms with Gasteiger partial charge in [-0.25, -0.2) is 0 Å². The highest BCUT2D eigenvalue weighted by molar-refractivity contribution is 7.99. The summed E-state index contributed by atoms with van der Waals surface area (Å²) in [6.07, 6.45) is -2.08. The van der Waals surface area contributed by atoms with Gasteiger partial charge in [0.2, 0.25) is 0 Å². The maximum Gasteiger partial charge on any atom is 0.136 e. The normalized spacial score (nSPS) is 25.9. The second kappa shape index (κ2) is 10.9. The second-order valence-electron chi connectivity index (χ2n) is 7.65. The molecule has 0 radical (unpaired) electrons. The minimum absolute atomic E-state index is 0.301. The Morgan fingerprint density at radius 1 is 0.742 bits per heavy atom. The molecule has 0 saturated carbocycles. The van der Waals surface area contributed by atoms with E-state index in [1.54, 1.807) is 11.8 Å². The minimum atomic E-state index is -0.780. The van der Waals surface area contributed by atoms with E-state index in [0.717, 1.165) is 16.0 Å². The van der Waals surface area contributed by atoms with E-state index in [-0.39, 0.29) is 11.5 Å². The smallest absolute Gasteiger partial charge is 0.136 e. The fourth-order valence-electron chi connectivity index (χ4n) is 3.61. The fraction of sp³-hybridized carbons (Fsp3) is 0.308. The van der Waals surface area contributed by atoms with E-state index < -0.39 is 18.3 Å². The predicted octanol–water partition coefficient (Wildman–Crippen LogP) is 5.06. The number of aliphatic hydroxyl groups excluding tert-OH is 1. The lowest BCUT2D eigenvalue weighted by atomic mass is 10.00. The largest absolute Gasteiger partial charge is 0.388 e. The first-order valence-electron chi connectivity index (χ1n) is 10.6. The molecule has 1 saturated heterocycles. The maximum atomic E-state index is 10.9. The number of benzene rings is 3. The molecule has 1 N–H and O–H groups in total. The van der Waals surface area contributed by atoms with Crippen LogP contribution < -0.4 is 0 Å². The van der Waals surface area contributed by atoms with E-state index in [4.69, 9.17) is 14.2 Å². The van der Waals surface area contributed by atoms with Crippen molar-refractivity contribution in [2.24, 2.45) is 0 Å². The molecule has 0 amide bonds. The third kappa shape index (κ3) is 5.97. The summed E-state index contributed by atoms with van der Waals surface area (Å²) >= 11 is 1.60. The van der Waals surface area contributed by atoms with Gasteiger partial charge in [-0.05, 0) is 30.2 Å². The van der Waals surface area contributed by atoms with Gasteiger partial charge in [0.15, 0.2) is 0 Å². The van der Waals surface area contributed by atoms with Crippen LogP contribution in [0.25, 0.3) is 0 Å². The minimum Gasteiger partial charge on any atom is -0.388 e.